The van der Waals surface area contributed by atoms with Crippen molar-refractivity contribution in [2.75, 3.05) is 5.33 Å². The highest BCUT2D eigenvalue weighted by Crippen LogP contribution is 2.04. The Morgan fingerprint density at radius 2 is 2.43 bits per heavy atom. The fourth-order valence-electron chi connectivity index (χ4n) is 0.348. The molecule has 0 nitrogen and oxygen atoms in total. The molecule has 0 bridgehead atoms. The molecule has 0 aliphatic heterocycles. The fraction of sp³-hybridized carbons (Fsp3) is 0.667. The van der Waals surface area contributed by atoms with E-state index in [9.17, 15) is 0 Å². The molecule has 0 aliphatic rings. The van der Waals surface area contributed by atoms with E-state index in [4.69, 9.17) is 0 Å². The van der Waals surface area contributed by atoms with Crippen LogP contribution in [-0.4, -0.2) is 5.33 Å². The number of hydrogen-bond donors (Lipinski definition) is 0. The average molecular weight is 163 g/mol. The molecule has 0 saturated heterocycles. The summed E-state index contributed by atoms with van der Waals surface area (Å²) in [5.41, 5.74) is 0. The standard InChI is InChI=1S/C6H11Br/c1-3-4-6(2)5-7/h3,6H,1,4-5H2,2H3/t6-/m0/s1. The number of allylic oxidation sites excluding steroid dienone is 1. The van der Waals surface area contributed by atoms with Crippen LogP contribution in [0, 0.1) is 5.92 Å². The second kappa shape index (κ2) is 4.38. The van der Waals surface area contributed by atoms with Crippen LogP contribution < -0.4 is 0 Å². The van der Waals surface area contributed by atoms with Crippen molar-refractivity contribution in [1.29, 1.82) is 0 Å². The van der Waals surface area contributed by atoms with Gasteiger partial charge >= 0.3 is 0 Å². The molecular formula is C6H11Br. The van der Waals surface area contributed by atoms with Crippen LogP contribution in [0.4, 0.5) is 0 Å². The molecule has 0 aromatic heterocycles. The molecule has 0 saturated carbocycles. The van der Waals surface area contributed by atoms with Gasteiger partial charge in [-0.1, -0.05) is 28.9 Å². The average Bonchev–Trinajstić information content (AvgIpc) is 1.68. The normalized spacial score (nSPS) is 13.4. The van der Waals surface area contributed by atoms with E-state index in [2.05, 4.69) is 29.4 Å². The Morgan fingerprint density at radius 1 is 1.86 bits per heavy atom. The SMILES string of the molecule is C=CC[C@H](C)CBr. The Morgan fingerprint density at radius 3 is 2.57 bits per heavy atom. The Hall–Kier alpha value is 0.220. The van der Waals surface area contributed by atoms with E-state index < -0.39 is 0 Å². The molecule has 1 heteroatoms. The molecule has 42 valence electrons. The number of rotatable bonds is 3. The van der Waals surface area contributed by atoms with Gasteiger partial charge in [0.15, 0.2) is 0 Å². The summed E-state index contributed by atoms with van der Waals surface area (Å²) in [5, 5.41) is 1.08. The Labute approximate surface area is 53.7 Å². The molecule has 0 heterocycles. The van der Waals surface area contributed by atoms with Gasteiger partial charge in [0.05, 0.1) is 0 Å². The lowest BCUT2D eigenvalue weighted by atomic mass is 10.1. The van der Waals surface area contributed by atoms with Gasteiger partial charge in [0.1, 0.15) is 0 Å². The number of halogens is 1. The predicted octanol–water partition coefficient (Wildman–Crippen LogP) is 2.59. The topological polar surface area (TPSA) is 0 Å². The van der Waals surface area contributed by atoms with Crippen LogP contribution in [0.1, 0.15) is 13.3 Å². The summed E-state index contributed by atoms with van der Waals surface area (Å²) in [6, 6.07) is 0. The van der Waals surface area contributed by atoms with E-state index in [0.29, 0.717) is 0 Å². The summed E-state index contributed by atoms with van der Waals surface area (Å²) in [6.07, 6.45) is 3.07. The molecular weight excluding hydrogens is 152 g/mol. The van der Waals surface area contributed by atoms with E-state index in [1.165, 1.54) is 0 Å². The van der Waals surface area contributed by atoms with E-state index in [1.54, 1.807) is 0 Å². The number of hydrogen-bond acceptors (Lipinski definition) is 0. The first-order chi connectivity index (χ1) is 3.31. The van der Waals surface area contributed by atoms with Crippen molar-refractivity contribution in [2.24, 2.45) is 5.92 Å². The van der Waals surface area contributed by atoms with Crippen LogP contribution in [0.5, 0.6) is 0 Å². The largest absolute Gasteiger partial charge is 0.103 e. The molecule has 0 N–H and O–H groups in total. The molecule has 0 fully saturated rings. The van der Waals surface area contributed by atoms with E-state index in [-0.39, 0.29) is 0 Å². The predicted molar refractivity (Wildman–Crippen MR) is 37.8 cm³/mol. The lowest BCUT2D eigenvalue weighted by molar-refractivity contribution is 0.681. The third kappa shape index (κ3) is 4.07. The van der Waals surface area contributed by atoms with Gasteiger partial charge in [0.25, 0.3) is 0 Å². The first kappa shape index (κ1) is 7.22. The Kier molecular flexibility index (Phi) is 4.52. The molecule has 1 atom stereocenters. The van der Waals surface area contributed by atoms with Gasteiger partial charge in [-0.25, -0.2) is 0 Å². The Bertz CT molecular complexity index is 50.1. The molecule has 0 amide bonds. The van der Waals surface area contributed by atoms with Crippen molar-refractivity contribution in [1.82, 2.24) is 0 Å². The summed E-state index contributed by atoms with van der Waals surface area (Å²) < 4.78 is 0. The maximum absolute atomic E-state index is 3.63. The van der Waals surface area contributed by atoms with Crippen molar-refractivity contribution >= 4 is 15.9 Å². The lowest BCUT2D eigenvalue weighted by Gasteiger charge is -1.98. The summed E-state index contributed by atoms with van der Waals surface area (Å²) >= 11 is 3.37. The zero-order valence-corrected chi connectivity index (χ0v) is 6.24. The van der Waals surface area contributed by atoms with Gasteiger partial charge in [-0.3, -0.25) is 0 Å². The van der Waals surface area contributed by atoms with Gasteiger partial charge in [-0.15, -0.1) is 6.58 Å². The molecule has 0 unspecified atom stereocenters. The van der Waals surface area contributed by atoms with Crippen LogP contribution in [-0.2, 0) is 0 Å². The van der Waals surface area contributed by atoms with Crippen molar-refractivity contribution in [3.8, 4) is 0 Å². The Balaban J connectivity index is 2.98. The highest BCUT2D eigenvalue weighted by molar-refractivity contribution is 9.09. The van der Waals surface area contributed by atoms with Gasteiger partial charge in [-0.2, -0.15) is 0 Å². The van der Waals surface area contributed by atoms with Gasteiger partial charge < -0.3 is 0 Å². The van der Waals surface area contributed by atoms with Gasteiger partial charge in [0, 0.05) is 5.33 Å². The minimum atomic E-state index is 0.748. The van der Waals surface area contributed by atoms with Crippen LogP contribution in [0.15, 0.2) is 12.7 Å². The van der Waals surface area contributed by atoms with E-state index >= 15 is 0 Å². The smallest absolute Gasteiger partial charge is 0.00599 e. The summed E-state index contributed by atoms with van der Waals surface area (Å²) in [6.45, 7) is 5.82. The van der Waals surface area contributed by atoms with Crippen molar-refractivity contribution in [2.45, 2.75) is 13.3 Å². The van der Waals surface area contributed by atoms with Crippen LogP contribution in [0.3, 0.4) is 0 Å². The number of alkyl halides is 1. The molecule has 0 radical (unpaired) electrons. The monoisotopic (exact) mass is 162 g/mol. The van der Waals surface area contributed by atoms with Crippen LogP contribution in [0.25, 0.3) is 0 Å². The molecule has 0 aromatic carbocycles. The second-order valence-electron chi connectivity index (χ2n) is 1.78. The van der Waals surface area contributed by atoms with E-state index in [1.807, 2.05) is 6.08 Å². The lowest BCUT2D eigenvalue weighted by Crippen LogP contribution is -1.90. The van der Waals surface area contributed by atoms with Crippen LogP contribution in [0.2, 0.25) is 0 Å². The molecule has 7 heavy (non-hydrogen) atoms. The fourth-order valence-corrected chi connectivity index (χ4v) is 0.612. The van der Waals surface area contributed by atoms with Crippen LogP contribution >= 0.6 is 15.9 Å². The van der Waals surface area contributed by atoms with Crippen molar-refractivity contribution < 1.29 is 0 Å². The minimum absolute atomic E-state index is 0.748. The molecule has 0 aromatic rings. The summed E-state index contributed by atoms with van der Waals surface area (Å²) in [7, 11) is 0. The maximum Gasteiger partial charge on any atom is 0.00599 e. The third-order valence-electron chi connectivity index (χ3n) is 0.832. The molecule has 0 rings (SSSR count). The first-order valence-electron chi connectivity index (χ1n) is 2.48. The first-order valence-corrected chi connectivity index (χ1v) is 3.60. The minimum Gasteiger partial charge on any atom is -0.103 e. The molecule has 0 spiro atoms. The zero-order chi connectivity index (χ0) is 5.70. The maximum atomic E-state index is 3.63. The zero-order valence-electron chi connectivity index (χ0n) is 4.65. The van der Waals surface area contributed by atoms with Gasteiger partial charge in [-0.05, 0) is 12.3 Å². The summed E-state index contributed by atoms with van der Waals surface area (Å²) in [5.74, 6) is 0.748. The highest BCUT2D eigenvalue weighted by atomic mass is 79.9. The van der Waals surface area contributed by atoms with E-state index in [0.717, 1.165) is 17.7 Å². The van der Waals surface area contributed by atoms with Gasteiger partial charge in [0.2, 0.25) is 0 Å². The van der Waals surface area contributed by atoms with Crippen molar-refractivity contribution in [3.63, 3.8) is 0 Å². The van der Waals surface area contributed by atoms with Crippen molar-refractivity contribution in [3.05, 3.63) is 12.7 Å². The third-order valence-corrected chi connectivity index (χ3v) is 1.94. The quantitative estimate of drug-likeness (QED) is 0.443. The molecule has 0 aliphatic carbocycles. The highest BCUT2D eigenvalue weighted by Gasteiger charge is 1.92. The summed E-state index contributed by atoms with van der Waals surface area (Å²) in [4.78, 5) is 0. The second-order valence-corrected chi connectivity index (χ2v) is 2.43.